The minimum atomic E-state index is -0.793. The molecule has 0 spiro atoms. The summed E-state index contributed by atoms with van der Waals surface area (Å²) in [4.78, 5) is 26.0. The number of allylic oxidation sites excluding steroid dienone is 10. The summed E-state index contributed by atoms with van der Waals surface area (Å²) in [6.45, 7) is 6.24. The van der Waals surface area contributed by atoms with Crippen molar-refractivity contribution in [2.45, 2.75) is 244 Å². The Morgan fingerprint density at radius 1 is 0.526 bits per heavy atom. The topological polar surface area (TPSA) is 95.9 Å². The van der Waals surface area contributed by atoms with Crippen LogP contribution in [0.3, 0.4) is 0 Å². The largest absolute Gasteiger partial charge is 0.462 e. The summed E-state index contributed by atoms with van der Waals surface area (Å²) in [6, 6.07) is -0.708. The maximum atomic E-state index is 13.1. The number of carbonyl (C=O) groups is 2. The first-order chi connectivity index (χ1) is 28.0. The van der Waals surface area contributed by atoms with Crippen molar-refractivity contribution in [3.63, 3.8) is 0 Å². The molecule has 0 rings (SSSR count). The Kier molecular flexibility index (Phi) is 42.7. The van der Waals surface area contributed by atoms with Gasteiger partial charge >= 0.3 is 5.97 Å². The van der Waals surface area contributed by atoms with E-state index < -0.39 is 18.2 Å². The first-order valence-electron chi connectivity index (χ1n) is 24.0. The zero-order valence-corrected chi connectivity index (χ0v) is 37.5. The predicted octanol–water partition coefficient (Wildman–Crippen LogP) is 14.1. The third kappa shape index (κ3) is 40.1. The van der Waals surface area contributed by atoms with Crippen LogP contribution >= 0.6 is 0 Å². The van der Waals surface area contributed by atoms with E-state index in [1.54, 1.807) is 0 Å². The lowest BCUT2D eigenvalue weighted by Crippen LogP contribution is -2.46. The van der Waals surface area contributed by atoms with Crippen LogP contribution < -0.4 is 5.32 Å². The van der Waals surface area contributed by atoms with Gasteiger partial charge in [-0.25, -0.2) is 0 Å². The molecule has 0 aliphatic carbocycles. The summed E-state index contributed by atoms with van der Waals surface area (Å²) in [5.74, 6) is -0.505. The highest BCUT2D eigenvalue weighted by atomic mass is 16.5. The van der Waals surface area contributed by atoms with Gasteiger partial charge in [0.05, 0.1) is 25.2 Å². The zero-order chi connectivity index (χ0) is 41.7. The third-order valence-corrected chi connectivity index (χ3v) is 10.6. The second kappa shape index (κ2) is 44.7. The summed E-state index contributed by atoms with van der Waals surface area (Å²) in [5.41, 5.74) is 0. The predicted molar refractivity (Wildman–Crippen MR) is 245 cm³/mol. The maximum absolute atomic E-state index is 13.1. The molecule has 0 saturated carbocycles. The quantitative estimate of drug-likeness (QED) is 0.0325. The molecule has 330 valence electrons. The lowest BCUT2D eigenvalue weighted by molar-refractivity contribution is -0.151. The van der Waals surface area contributed by atoms with Crippen molar-refractivity contribution in [3.8, 4) is 0 Å². The molecule has 0 saturated heterocycles. The first kappa shape index (κ1) is 54.6. The van der Waals surface area contributed by atoms with Crippen molar-refractivity contribution >= 4 is 11.9 Å². The highest BCUT2D eigenvalue weighted by Gasteiger charge is 2.24. The van der Waals surface area contributed by atoms with Gasteiger partial charge in [0.1, 0.15) is 6.10 Å². The molecule has 0 aromatic heterocycles. The fourth-order valence-corrected chi connectivity index (χ4v) is 7.01. The minimum Gasteiger partial charge on any atom is -0.462 e. The van der Waals surface area contributed by atoms with Crippen molar-refractivity contribution in [1.82, 2.24) is 5.32 Å². The van der Waals surface area contributed by atoms with Gasteiger partial charge in [-0.1, -0.05) is 191 Å². The van der Waals surface area contributed by atoms with Gasteiger partial charge in [-0.05, 0) is 83.5 Å². The summed E-state index contributed by atoms with van der Waals surface area (Å²) >= 11 is 0. The second-order valence-electron chi connectivity index (χ2n) is 16.1. The van der Waals surface area contributed by atoms with E-state index in [9.17, 15) is 19.8 Å². The summed E-state index contributed by atoms with van der Waals surface area (Å²) in [5, 5.41) is 23.6. The monoisotopic (exact) mass is 798 g/mol. The molecule has 0 heterocycles. The summed E-state index contributed by atoms with van der Waals surface area (Å²) in [7, 11) is 0. The van der Waals surface area contributed by atoms with Gasteiger partial charge in [-0.15, -0.1) is 0 Å². The van der Waals surface area contributed by atoms with Crippen LogP contribution in [-0.4, -0.2) is 46.9 Å². The molecule has 0 aliphatic heterocycles. The fourth-order valence-electron chi connectivity index (χ4n) is 7.01. The van der Waals surface area contributed by atoms with Crippen LogP contribution in [0.5, 0.6) is 0 Å². The standard InChI is InChI=1S/C51H91NO5/c1-4-7-10-13-16-19-22-24-25-26-27-29-32-35-38-41-44-51(56)57-47(42-39-36-33-30-28-23-20-17-14-11-8-5-2)45-50(55)52-48(46-53)49(54)43-40-37-34-31-21-18-15-12-9-6-3/h7-8,10-11,16-17,19-20,24-25,47-49,53-54H,4-6,9,12-15,18,21-23,26-46H2,1-3H3,(H,52,55)/b10-7+,11-8+,19-16+,20-17+,25-24+. The minimum absolute atomic E-state index is 0.0610. The molecule has 1 amide bonds. The highest BCUT2D eigenvalue weighted by molar-refractivity contribution is 5.77. The van der Waals surface area contributed by atoms with Gasteiger partial charge in [0.15, 0.2) is 0 Å². The van der Waals surface area contributed by atoms with E-state index in [1.165, 1.54) is 77.0 Å². The van der Waals surface area contributed by atoms with E-state index in [0.29, 0.717) is 19.3 Å². The van der Waals surface area contributed by atoms with E-state index in [4.69, 9.17) is 4.74 Å². The van der Waals surface area contributed by atoms with E-state index in [-0.39, 0.29) is 24.9 Å². The number of ether oxygens (including phenoxy) is 1. The van der Waals surface area contributed by atoms with Crippen LogP contribution in [-0.2, 0) is 14.3 Å². The zero-order valence-electron chi connectivity index (χ0n) is 37.5. The SMILES string of the molecule is CC/C=C/C/C=C/C/C=C/CCCCCCCCC(=O)OC(CCCCCCC/C=C/C/C=C/CC)CC(=O)NC(CO)C(O)CCCCCCCCCCCC. The normalized spacial score (nSPS) is 13.8. The molecular weight excluding hydrogens is 707 g/mol. The Morgan fingerprint density at radius 2 is 0.947 bits per heavy atom. The lowest BCUT2D eigenvalue weighted by Gasteiger charge is -2.24. The Labute approximate surface area is 352 Å². The summed E-state index contributed by atoms with van der Waals surface area (Å²) < 4.78 is 5.90. The first-order valence-corrected chi connectivity index (χ1v) is 24.0. The van der Waals surface area contributed by atoms with E-state index in [2.05, 4.69) is 86.8 Å². The number of aliphatic hydroxyl groups is 2. The Hall–Kier alpha value is -2.44. The number of carbonyl (C=O) groups excluding carboxylic acids is 2. The molecule has 0 fully saturated rings. The number of nitrogens with one attached hydrogen (secondary N) is 1. The van der Waals surface area contributed by atoms with Crippen LogP contribution in [0.25, 0.3) is 0 Å². The molecule has 3 unspecified atom stereocenters. The molecule has 0 radical (unpaired) electrons. The average molecular weight is 798 g/mol. The van der Waals surface area contributed by atoms with Gasteiger partial charge in [0.2, 0.25) is 5.91 Å². The van der Waals surface area contributed by atoms with E-state index in [0.717, 1.165) is 103 Å². The van der Waals surface area contributed by atoms with Gasteiger partial charge in [-0.2, -0.15) is 0 Å². The molecule has 0 bridgehead atoms. The Balaban J connectivity index is 4.61. The molecular formula is C51H91NO5. The van der Waals surface area contributed by atoms with Gasteiger partial charge < -0.3 is 20.3 Å². The van der Waals surface area contributed by atoms with Crippen molar-refractivity contribution in [2.24, 2.45) is 0 Å². The van der Waals surface area contributed by atoms with Gasteiger partial charge in [0, 0.05) is 6.42 Å². The molecule has 3 N–H and O–H groups in total. The molecule has 3 atom stereocenters. The van der Waals surface area contributed by atoms with Gasteiger partial charge in [-0.3, -0.25) is 9.59 Å². The number of unbranched alkanes of at least 4 members (excludes halogenated alkanes) is 20. The van der Waals surface area contributed by atoms with Crippen LogP contribution in [0, 0.1) is 0 Å². The number of esters is 1. The molecule has 57 heavy (non-hydrogen) atoms. The second-order valence-corrected chi connectivity index (χ2v) is 16.1. The van der Waals surface area contributed by atoms with Gasteiger partial charge in [0.25, 0.3) is 0 Å². The van der Waals surface area contributed by atoms with Crippen LogP contribution in [0.2, 0.25) is 0 Å². The average Bonchev–Trinajstić information content (AvgIpc) is 3.20. The smallest absolute Gasteiger partial charge is 0.306 e. The summed E-state index contributed by atoms with van der Waals surface area (Å²) in [6.07, 6.45) is 54.2. The molecule has 0 aromatic rings. The van der Waals surface area contributed by atoms with Crippen LogP contribution in [0.15, 0.2) is 60.8 Å². The molecule has 6 heteroatoms. The molecule has 6 nitrogen and oxygen atoms in total. The van der Waals surface area contributed by atoms with Crippen molar-refractivity contribution in [3.05, 3.63) is 60.8 Å². The number of aliphatic hydroxyl groups excluding tert-OH is 2. The van der Waals surface area contributed by atoms with Crippen molar-refractivity contribution < 1.29 is 24.5 Å². The van der Waals surface area contributed by atoms with Crippen molar-refractivity contribution in [2.75, 3.05) is 6.61 Å². The number of amides is 1. The van der Waals surface area contributed by atoms with E-state index in [1.807, 2.05) is 0 Å². The molecule has 0 aliphatic rings. The Morgan fingerprint density at radius 3 is 1.44 bits per heavy atom. The fraction of sp³-hybridized carbons (Fsp3) is 0.765. The van der Waals surface area contributed by atoms with Crippen molar-refractivity contribution in [1.29, 1.82) is 0 Å². The number of rotatable bonds is 42. The van der Waals surface area contributed by atoms with Crippen LogP contribution in [0.1, 0.15) is 226 Å². The molecule has 0 aromatic carbocycles. The van der Waals surface area contributed by atoms with Crippen LogP contribution in [0.4, 0.5) is 0 Å². The number of hydrogen-bond donors (Lipinski definition) is 3. The highest BCUT2D eigenvalue weighted by Crippen LogP contribution is 2.17. The lowest BCUT2D eigenvalue weighted by atomic mass is 10.0. The maximum Gasteiger partial charge on any atom is 0.306 e. The Bertz CT molecular complexity index is 1030. The number of hydrogen-bond acceptors (Lipinski definition) is 5. The van der Waals surface area contributed by atoms with E-state index >= 15 is 0 Å². The third-order valence-electron chi connectivity index (χ3n) is 10.6.